The van der Waals surface area contributed by atoms with Crippen molar-refractivity contribution in [1.29, 1.82) is 0 Å². The van der Waals surface area contributed by atoms with Crippen molar-refractivity contribution in [2.45, 2.75) is 19.3 Å². The molecule has 25 heavy (non-hydrogen) atoms. The number of anilines is 2. The van der Waals surface area contributed by atoms with Crippen molar-refractivity contribution in [3.8, 4) is 0 Å². The Morgan fingerprint density at radius 2 is 1.84 bits per heavy atom. The molecule has 0 aliphatic carbocycles. The minimum Gasteiger partial charge on any atom is -0.356 e. The smallest absolute Gasteiger partial charge is 0.226 e. The second-order valence-corrected chi connectivity index (χ2v) is 7.43. The normalized spacial score (nSPS) is 20.0. The highest BCUT2D eigenvalue weighted by Gasteiger charge is 2.26. The van der Waals surface area contributed by atoms with Gasteiger partial charge in [0.25, 0.3) is 0 Å². The summed E-state index contributed by atoms with van der Waals surface area (Å²) in [5.41, 5.74) is 0. The highest BCUT2D eigenvalue weighted by molar-refractivity contribution is 5.76. The maximum atomic E-state index is 12.5. The third-order valence-electron chi connectivity index (χ3n) is 5.29. The minimum atomic E-state index is 0.337. The van der Waals surface area contributed by atoms with Gasteiger partial charge in [0.2, 0.25) is 11.9 Å². The number of piperidine rings is 1. The molecular formula is C18H30N6O. The van der Waals surface area contributed by atoms with Crippen LogP contribution in [0, 0.1) is 5.92 Å². The van der Waals surface area contributed by atoms with Crippen LogP contribution in [0.3, 0.4) is 0 Å². The van der Waals surface area contributed by atoms with Crippen molar-refractivity contribution in [3.63, 3.8) is 0 Å². The van der Waals surface area contributed by atoms with E-state index in [0.717, 1.165) is 63.9 Å². The molecule has 2 fully saturated rings. The molecule has 0 bridgehead atoms. The fourth-order valence-electron chi connectivity index (χ4n) is 3.53. The minimum absolute atomic E-state index is 0.337. The van der Waals surface area contributed by atoms with Gasteiger partial charge in [0, 0.05) is 66.0 Å². The quantitative estimate of drug-likeness (QED) is 0.808. The van der Waals surface area contributed by atoms with Crippen molar-refractivity contribution < 1.29 is 4.79 Å². The predicted molar refractivity (Wildman–Crippen MR) is 100.0 cm³/mol. The van der Waals surface area contributed by atoms with Gasteiger partial charge >= 0.3 is 0 Å². The van der Waals surface area contributed by atoms with E-state index in [2.05, 4.69) is 26.8 Å². The van der Waals surface area contributed by atoms with Gasteiger partial charge in [-0.3, -0.25) is 4.79 Å². The number of nitrogens with zero attached hydrogens (tertiary/aromatic N) is 6. The zero-order chi connectivity index (χ0) is 17.8. The van der Waals surface area contributed by atoms with Crippen molar-refractivity contribution in [1.82, 2.24) is 19.8 Å². The molecule has 7 heteroatoms. The Morgan fingerprint density at radius 3 is 2.48 bits per heavy atom. The van der Waals surface area contributed by atoms with E-state index in [4.69, 9.17) is 0 Å². The van der Waals surface area contributed by atoms with Gasteiger partial charge in [-0.25, -0.2) is 4.98 Å². The zero-order valence-electron chi connectivity index (χ0n) is 15.7. The van der Waals surface area contributed by atoms with Gasteiger partial charge in [0.05, 0.1) is 0 Å². The Kier molecular flexibility index (Phi) is 5.73. The molecule has 0 unspecified atom stereocenters. The molecule has 0 spiro atoms. The van der Waals surface area contributed by atoms with Gasteiger partial charge in [-0.15, -0.1) is 0 Å². The lowest BCUT2D eigenvalue weighted by Crippen LogP contribution is -2.47. The fourth-order valence-corrected chi connectivity index (χ4v) is 3.53. The Balaban J connectivity index is 1.48. The number of rotatable bonds is 4. The number of likely N-dealkylation sites (N-methyl/N-ethyl adjacent to an activating group) is 1. The largest absolute Gasteiger partial charge is 0.356 e. The first-order valence-corrected chi connectivity index (χ1v) is 9.24. The third kappa shape index (κ3) is 4.60. The lowest BCUT2D eigenvalue weighted by atomic mass is 9.93. The summed E-state index contributed by atoms with van der Waals surface area (Å²) in [5.74, 6) is 2.56. The molecule has 2 aliphatic rings. The molecule has 1 aromatic heterocycles. The summed E-state index contributed by atoms with van der Waals surface area (Å²) in [5, 5.41) is 0. The maximum absolute atomic E-state index is 12.5. The molecule has 138 valence electrons. The van der Waals surface area contributed by atoms with E-state index in [1.807, 2.05) is 36.2 Å². The summed E-state index contributed by atoms with van der Waals surface area (Å²) in [7, 11) is 6.02. The van der Waals surface area contributed by atoms with Crippen LogP contribution in [0.5, 0.6) is 0 Å². The highest BCUT2D eigenvalue weighted by atomic mass is 16.2. The van der Waals surface area contributed by atoms with Crippen LogP contribution in [-0.2, 0) is 4.79 Å². The van der Waals surface area contributed by atoms with Gasteiger partial charge in [-0.2, -0.15) is 4.98 Å². The van der Waals surface area contributed by atoms with Gasteiger partial charge in [-0.1, -0.05) is 0 Å². The topological polar surface area (TPSA) is 55.8 Å². The molecule has 0 radical (unpaired) electrons. The first-order chi connectivity index (χ1) is 12.0. The van der Waals surface area contributed by atoms with Crippen molar-refractivity contribution >= 4 is 17.7 Å². The highest BCUT2D eigenvalue weighted by Crippen LogP contribution is 2.25. The molecule has 1 aromatic rings. The maximum Gasteiger partial charge on any atom is 0.226 e. The Hall–Kier alpha value is -1.89. The molecule has 3 rings (SSSR count). The number of hydrogen-bond donors (Lipinski definition) is 0. The van der Waals surface area contributed by atoms with Crippen LogP contribution in [0.15, 0.2) is 12.3 Å². The van der Waals surface area contributed by atoms with Gasteiger partial charge in [-0.05, 0) is 31.9 Å². The first-order valence-electron chi connectivity index (χ1n) is 9.24. The van der Waals surface area contributed by atoms with E-state index in [1.54, 1.807) is 0 Å². The average Bonchev–Trinajstić information content (AvgIpc) is 2.63. The van der Waals surface area contributed by atoms with E-state index < -0.39 is 0 Å². The molecule has 0 saturated carbocycles. The van der Waals surface area contributed by atoms with Crippen LogP contribution >= 0.6 is 0 Å². The van der Waals surface area contributed by atoms with E-state index in [9.17, 15) is 4.79 Å². The number of aromatic nitrogens is 2. The van der Waals surface area contributed by atoms with Crippen LogP contribution in [0.4, 0.5) is 11.8 Å². The predicted octanol–water partition coefficient (Wildman–Crippen LogP) is 0.923. The van der Waals surface area contributed by atoms with Crippen molar-refractivity contribution in [2.75, 3.05) is 70.2 Å². The molecule has 0 N–H and O–H groups in total. The molecule has 2 saturated heterocycles. The molecule has 0 aromatic carbocycles. The third-order valence-corrected chi connectivity index (χ3v) is 5.29. The van der Waals surface area contributed by atoms with E-state index in [-0.39, 0.29) is 0 Å². The second kappa shape index (κ2) is 7.99. The molecule has 0 atom stereocenters. The lowest BCUT2D eigenvalue weighted by molar-refractivity contribution is -0.133. The van der Waals surface area contributed by atoms with E-state index in [1.165, 1.54) is 0 Å². The van der Waals surface area contributed by atoms with E-state index in [0.29, 0.717) is 18.2 Å². The zero-order valence-corrected chi connectivity index (χ0v) is 15.7. The standard InChI is InChI=1S/C18H30N6O/c1-21(2)18-19-7-4-16(20-18)23-8-5-15(6-9-23)14-17(25)24-12-10-22(3)11-13-24/h4,7,15H,5-6,8-14H2,1-3H3. The number of amides is 1. The number of piperazine rings is 1. The number of carbonyl (C=O) groups is 1. The molecule has 3 heterocycles. The molecule has 2 aliphatic heterocycles. The Morgan fingerprint density at radius 1 is 1.16 bits per heavy atom. The first kappa shape index (κ1) is 17.9. The van der Waals surface area contributed by atoms with Crippen LogP contribution in [0.25, 0.3) is 0 Å². The molecular weight excluding hydrogens is 316 g/mol. The van der Waals surface area contributed by atoms with Crippen LogP contribution in [-0.4, -0.2) is 86.1 Å². The average molecular weight is 346 g/mol. The lowest BCUT2D eigenvalue weighted by Gasteiger charge is -2.36. The van der Waals surface area contributed by atoms with Crippen molar-refractivity contribution in [3.05, 3.63) is 12.3 Å². The molecule has 1 amide bonds. The van der Waals surface area contributed by atoms with Gasteiger partial charge in [0.1, 0.15) is 5.82 Å². The van der Waals surface area contributed by atoms with Gasteiger partial charge < -0.3 is 19.6 Å². The van der Waals surface area contributed by atoms with Crippen LogP contribution in [0.1, 0.15) is 19.3 Å². The summed E-state index contributed by atoms with van der Waals surface area (Å²) < 4.78 is 0. The van der Waals surface area contributed by atoms with Gasteiger partial charge in [0.15, 0.2) is 0 Å². The summed E-state index contributed by atoms with van der Waals surface area (Å²) in [6.07, 6.45) is 4.63. The SMILES string of the molecule is CN1CCN(C(=O)CC2CCN(c3ccnc(N(C)C)n3)CC2)CC1. The Bertz CT molecular complexity index is 577. The monoisotopic (exact) mass is 346 g/mol. The Labute approximate surface area is 150 Å². The fraction of sp³-hybridized carbons (Fsp3) is 0.722. The molecule has 7 nitrogen and oxygen atoms in total. The van der Waals surface area contributed by atoms with Crippen LogP contribution < -0.4 is 9.80 Å². The van der Waals surface area contributed by atoms with E-state index >= 15 is 0 Å². The number of carbonyl (C=O) groups excluding carboxylic acids is 1. The summed E-state index contributed by atoms with van der Waals surface area (Å²) >= 11 is 0. The number of hydrogen-bond acceptors (Lipinski definition) is 6. The summed E-state index contributed by atoms with van der Waals surface area (Å²) in [6.45, 7) is 5.66. The van der Waals surface area contributed by atoms with Crippen LogP contribution in [0.2, 0.25) is 0 Å². The second-order valence-electron chi connectivity index (χ2n) is 7.43. The van der Waals surface area contributed by atoms with Crippen molar-refractivity contribution in [2.24, 2.45) is 5.92 Å². The summed E-state index contributed by atoms with van der Waals surface area (Å²) in [4.78, 5) is 30.0. The summed E-state index contributed by atoms with van der Waals surface area (Å²) in [6, 6.07) is 1.97.